The molecule has 81 valence electrons. The summed E-state index contributed by atoms with van der Waals surface area (Å²) in [6.07, 6.45) is 1.20. The van der Waals surface area contributed by atoms with Gasteiger partial charge in [-0.25, -0.2) is 4.79 Å². The molecule has 0 fully saturated rings. The smallest absolute Gasteiger partial charge is 0.417 e. The lowest BCUT2D eigenvalue weighted by molar-refractivity contribution is -0.148. The fourth-order valence-electron chi connectivity index (χ4n) is 0.989. The van der Waals surface area contributed by atoms with E-state index < -0.39 is 0 Å². The van der Waals surface area contributed by atoms with Gasteiger partial charge in [0.1, 0.15) is 6.61 Å². The summed E-state index contributed by atoms with van der Waals surface area (Å²) in [7, 11) is 0. The van der Waals surface area contributed by atoms with Crippen LogP contribution in [0.15, 0.2) is 0 Å². The van der Waals surface area contributed by atoms with Crippen LogP contribution < -0.4 is 0 Å². The van der Waals surface area contributed by atoms with Crippen LogP contribution in [0.4, 0.5) is 0 Å². The van der Waals surface area contributed by atoms with E-state index in [9.17, 15) is 9.59 Å². The van der Waals surface area contributed by atoms with E-state index >= 15 is 0 Å². The first-order chi connectivity index (χ1) is 6.76. The van der Waals surface area contributed by atoms with E-state index in [1.165, 1.54) is 6.47 Å². The van der Waals surface area contributed by atoms with E-state index in [0.29, 0.717) is 19.4 Å². The predicted molar refractivity (Wildman–Crippen MR) is 59.9 cm³/mol. The Morgan fingerprint density at radius 3 is 2.71 bits per heavy atom. The van der Waals surface area contributed by atoms with Gasteiger partial charge in [-0.3, -0.25) is 4.79 Å². The highest BCUT2D eigenvalue weighted by Gasteiger charge is 2.17. The van der Waals surface area contributed by atoms with Gasteiger partial charge in [-0.2, -0.15) is 0 Å². The summed E-state index contributed by atoms with van der Waals surface area (Å²) >= 11 is 2.14. The molecule has 0 spiro atoms. The van der Waals surface area contributed by atoms with E-state index in [0.717, 1.165) is 4.43 Å². The highest BCUT2D eigenvalue weighted by Crippen LogP contribution is 2.10. The molecule has 14 heavy (non-hydrogen) atoms. The molecule has 0 saturated carbocycles. The minimum atomic E-state index is -0.210. The Kier molecular flexibility index (Phi) is 9.02. The van der Waals surface area contributed by atoms with Crippen LogP contribution in [0, 0.1) is 5.92 Å². The zero-order chi connectivity index (χ0) is 10.8. The number of halogens is 1. The van der Waals surface area contributed by atoms with Crippen LogP contribution in [-0.4, -0.2) is 30.1 Å². The number of esters is 1. The third-order valence-corrected chi connectivity index (χ3v) is 2.22. The van der Waals surface area contributed by atoms with Gasteiger partial charge in [-0.15, -0.1) is 0 Å². The van der Waals surface area contributed by atoms with Crippen molar-refractivity contribution < 1.29 is 19.1 Å². The molecular weight excluding hydrogens is 299 g/mol. The van der Waals surface area contributed by atoms with Gasteiger partial charge < -0.3 is 9.47 Å². The third kappa shape index (κ3) is 6.17. The molecule has 1 unspecified atom stereocenters. The van der Waals surface area contributed by atoms with E-state index in [1.54, 1.807) is 0 Å². The van der Waals surface area contributed by atoms with E-state index in [2.05, 4.69) is 27.3 Å². The van der Waals surface area contributed by atoms with Crippen LogP contribution in [0.1, 0.15) is 19.8 Å². The van der Waals surface area contributed by atoms with Crippen molar-refractivity contribution in [3.63, 3.8) is 0 Å². The SMILES string of the molecule is CCC(CCO[C]=O)C(=O)OCCI. The quantitative estimate of drug-likeness (QED) is 0.295. The average Bonchev–Trinajstić information content (AvgIpc) is 2.21. The van der Waals surface area contributed by atoms with Gasteiger partial charge in [-0.1, -0.05) is 29.5 Å². The van der Waals surface area contributed by atoms with Crippen LogP contribution in [0.25, 0.3) is 0 Å². The van der Waals surface area contributed by atoms with Crippen molar-refractivity contribution in [3.8, 4) is 0 Å². The molecule has 0 aromatic carbocycles. The second-order valence-corrected chi connectivity index (χ2v) is 3.76. The molecule has 0 aliphatic carbocycles. The standard InChI is InChI=1S/C9H14IO4/c1-2-8(3-5-13-7-11)9(12)14-6-4-10/h8H,2-6H2,1H3. The lowest BCUT2D eigenvalue weighted by Gasteiger charge is -2.12. The van der Waals surface area contributed by atoms with E-state index in [-0.39, 0.29) is 18.5 Å². The molecule has 5 heteroatoms. The zero-order valence-electron chi connectivity index (χ0n) is 8.12. The highest BCUT2D eigenvalue weighted by atomic mass is 127. The summed E-state index contributed by atoms with van der Waals surface area (Å²) in [5.41, 5.74) is 0. The number of carbonyl (C=O) groups excluding carboxylic acids is 2. The molecule has 0 bridgehead atoms. The fraction of sp³-hybridized carbons (Fsp3) is 0.778. The van der Waals surface area contributed by atoms with Gasteiger partial charge in [0.05, 0.1) is 12.5 Å². The summed E-state index contributed by atoms with van der Waals surface area (Å²) in [5, 5.41) is 0. The van der Waals surface area contributed by atoms with Crippen molar-refractivity contribution in [1.29, 1.82) is 0 Å². The van der Waals surface area contributed by atoms with Crippen molar-refractivity contribution in [2.75, 3.05) is 17.6 Å². The normalized spacial score (nSPS) is 11.9. The summed E-state index contributed by atoms with van der Waals surface area (Å²) < 4.78 is 10.2. The maximum Gasteiger partial charge on any atom is 0.417 e. The molecular formula is C9H14IO4. The number of hydrogen-bond acceptors (Lipinski definition) is 4. The van der Waals surface area contributed by atoms with Gasteiger partial charge in [0, 0.05) is 4.43 Å². The number of alkyl halides is 1. The fourth-order valence-corrected chi connectivity index (χ4v) is 1.21. The Morgan fingerprint density at radius 1 is 1.50 bits per heavy atom. The third-order valence-electron chi connectivity index (χ3n) is 1.77. The molecule has 0 aromatic heterocycles. The number of rotatable bonds is 8. The van der Waals surface area contributed by atoms with Crippen molar-refractivity contribution in [1.82, 2.24) is 0 Å². The van der Waals surface area contributed by atoms with E-state index in [1.807, 2.05) is 6.92 Å². The largest absolute Gasteiger partial charge is 0.465 e. The Morgan fingerprint density at radius 2 is 2.21 bits per heavy atom. The molecule has 0 amide bonds. The maximum absolute atomic E-state index is 11.3. The van der Waals surface area contributed by atoms with Gasteiger partial charge >= 0.3 is 12.4 Å². The van der Waals surface area contributed by atoms with Crippen LogP contribution in [0.2, 0.25) is 0 Å². The Balaban J connectivity index is 3.74. The van der Waals surface area contributed by atoms with Crippen molar-refractivity contribution >= 4 is 35.0 Å². The van der Waals surface area contributed by atoms with Gasteiger partial charge in [0.2, 0.25) is 0 Å². The molecule has 0 rings (SSSR count). The Labute approximate surface area is 97.5 Å². The zero-order valence-corrected chi connectivity index (χ0v) is 10.3. The first-order valence-electron chi connectivity index (χ1n) is 4.47. The summed E-state index contributed by atoms with van der Waals surface area (Å²) in [6.45, 7) is 3.89. The van der Waals surface area contributed by atoms with Crippen LogP contribution in [0.3, 0.4) is 0 Å². The lowest BCUT2D eigenvalue weighted by atomic mass is 10.0. The summed E-state index contributed by atoms with van der Waals surface area (Å²) in [5.74, 6) is -0.384. The van der Waals surface area contributed by atoms with E-state index in [4.69, 9.17) is 4.74 Å². The summed E-state index contributed by atoms with van der Waals surface area (Å²) in [6, 6.07) is 0. The Bertz CT molecular complexity index is 172. The molecule has 0 aromatic rings. The molecule has 0 saturated heterocycles. The maximum atomic E-state index is 11.3. The van der Waals surface area contributed by atoms with Crippen LogP contribution in [0.5, 0.6) is 0 Å². The second-order valence-electron chi connectivity index (χ2n) is 2.68. The van der Waals surface area contributed by atoms with Crippen molar-refractivity contribution in [2.45, 2.75) is 19.8 Å². The minimum Gasteiger partial charge on any atom is -0.465 e. The first kappa shape index (κ1) is 13.7. The molecule has 1 radical (unpaired) electrons. The average molecular weight is 313 g/mol. The summed E-state index contributed by atoms with van der Waals surface area (Å²) in [4.78, 5) is 21.1. The number of hydrogen-bond donors (Lipinski definition) is 0. The second kappa shape index (κ2) is 9.23. The van der Waals surface area contributed by atoms with Gasteiger partial charge in [0.15, 0.2) is 0 Å². The molecule has 4 nitrogen and oxygen atoms in total. The van der Waals surface area contributed by atoms with Crippen LogP contribution in [-0.2, 0) is 19.1 Å². The molecule has 0 N–H and O–H groups in total. The van der Waals surface area contributed by atoms with Gasteiger partial charge in [-0.05, 0) is 12.8 Å². The molecule has 0 heterocycles. The van der Waals surface area contributed by atoms with Crippen LogP contribution >= 0.6 is 22.6 Å². The predicted octanol–water partition coefficient (Wildman–Crippen LogP) is 1.46. The lowest BCUT2D eigenvalue weighted by Crippen LogP contribution is -2.19. The molecule has 0 aliphatic heterocycles. The monoisotopic (exact) mass is 313 g/mol. The van der Waals surface area contributed by atoms with Gasteiger partial charge in [0.25, 0.3) is 0 Å². The topological polar surface area (TPSA) is 52.6 Å². The van der Waals surface area contributed by atoms with Crippen molar-refractivity contribution in [2.24, 2.45) is 5.92 Å². The molecule has 1 atom stereocenters. The number of ether oxygens (including phenoxy) is 2. The Hall–Kier alpha value is -0.330. The first-order valence-corrected chi connectivity index (χ1v) is 6.00. The van der Waals surface area contributed by atoms with Crippen molar-refractivity contribution in [3.05, 3.63) is 0 Å². The highest BCUT2D eigenvalue weighted by molar-refractivity contribution is 14.1. The molecule has 0 aliphatic rings. The number of carbonyl (C=O) groups is 1. The minimum absolute atomic E-state index is 0.175.